The second-order valence-electron chi connectivity index (χ2n) is 7.01. The average Bonchev–Trinajstić information content (AvgIpc) is 3.24. The Morgan fingerprint density at radius 1 is 0.870 bits per heavy atom. The Morgan fingerprint density at radius 2 is 1.35 bits per heavy atom. The summed E-state index contributed by atoms with van der Waals surface area (Å²) in [6, 6.07) is 18.7. The summed E-state index contributed by atoms with van der Waals surface area (Å²) in [7, 11) is -3.26. The molecule has 0 amide bonds. The van der Waals surface area contributed by atoms with Crippen LogP contribution in [0.1, 0.15) is 32.1 Å². The van der Waals surface area contributed by atoms with Gasteiger partial charge in [0.1, 0.15) is 0 Å². The standard InChI is InChI=1S/C20H21O2P/c21-19(20-13-11-16(15-20)12-14-20)23(22,17-7-3-1-4-8-17)18-9-5-2-6-10-18/h1-10,16H,11-15H2. The van der Waals surface area contributed by atoms with Crippen LogP contribution in [0.3, 0.4) is 0 Å². The summed E-state index contributed by atoms with van der Waals surface area (Å²) >= 11 is 0. The first-order chi connectivity index (χ1) is 11.2. The number of hydrogen-bond acceptors (Lipinski definition) is 2. The Morgan fingerprint density at radius 3 is 1.74 bits per heavy atom. The van der Waals surface area contributed by atoms with Gasteiger partial charge in [0.25, 0.3) is 0 Å². The van der Waals surface area contributed by atoms with Gasteiger partial charge in [0.05, 0.1) is 0 Å². The molecule has 2 aromatic rings. The molecule has 0 heterocycles. The van der Waals surface area contributed by atoms with Crippen molar-refractivity contribution in [2.75, 3.05) is 0 Å². The highest BCUT2D eigenvalue weighted by Crippen LogP contribution is 2.62. The van der Waals surface area contributed by atoms with Crippen LogP contribution in [0, 0.1) is 11.3 Å². The summed E-state index contributed by atoms with van der Waals surface area (Å²) in [5.41, 5.74) is -0.339. The molecule has 2 nitrogen and oxygen atoms in total. The molecular formula is C20H21O2P. The van der Waals surface area contributed by atoms with E-state index in [1.54, 1.807) is 0 Å². The molecular weight excluding hydrogens is 303 g/mol. The molecule has 4 rings (SSSR count). The van der Waals surface area contributed by atoms with E-state index in [1.165, 1.54) is 0 Å². The van der Waals surface area contributed by atoms with E-state index in [2.05, 4.69) is 0 Å². The lowest BCUT2D eigenvalue weighted by Crippen LogP contribution is -2.33. The zero-order chi connectivity index (χ0) is 15.9. The number of fused-ring (bicyclic) bond motifs is 2. The monoisotopic (exact) mass is 324 g/mol. The van der Waals surface area contributed by atoms with Crippen LogP contribution in [-0.4, -0.2) is 5.52 Å². The van der Waals surface area contributed by atoms with E-state index in [1.807, 2.05) is 60.7 Å². The molecule has 2 fully saturated rings. The first-order valence-corrected chi connectivity index (χ1v) is 10.1. The highest BCUT2D eigenvalue weighted by Gasteiger charge is 2.55. The molecule has 0 N–H and O–H groups in total. The summed E-state index contributed by atoms with van der Waals surface area (Å²) in [5.74, 6) is 0.666. The van der Waals surface area contributed by atoms with Crippen LogP contribution in [0.4, 0.5) is 0 Å². The summed E-state index contributed by atoms with van der Waals surface area (Å²) in [4.78, 5) is 13.6. The Kier molecular flexibility index (Phi) is 3.54. The van der Waals surface area contributed by atoms with Gasteiger partial charge < -0.3 is 4.57 Å². The van der Waals surface area contributed by atoms with Gasteiger partial charge in [0.2, 0.25) is 12.7 Å². The molecule has 0 aromatic heterocycles. The van der Waals surface area contributed by atoms with Gasteiger partial charge in [-0.1, -0.05) is 60.7 Å². The second kappa shape index (κ2) is 5.46. The van der Waals surface area contributed by atoms with Gasteiger partial charge in [-0.2, -0.15) is 0 Å². The van der Waals surface area contributed by atoms with Crippen LogP contribution in [0.15, 0.2) is 60.7 Å². The molecule has 2 aliphatic carbocycles. The van der Waals surface area contributed by atoms with E-state index in [-0.39, 0.29) is 10.9 Å². The van der Waals surface area contributed by atoms with Gasteiger partial charge >= 0.3 is 0 Å². The zero-order valence-corrected chi connectivity index (χ0v) is 14.0. The third-order valence-electron chi connectivity index (χ3n) is 5.72. The van der Waals surface area contributed by atoms with Gasteiger partial charge in [-0.3, -0.25) is 4.79 Å². The lowest BCUT2D eigenvalue weighted by Gasteiger charge is -2.30. The van der Waals surface area contributed by atoms with Crippen molar-refractivity contribution < 1.29 is 9.36 Å². The Hall–Kier alpha value is -1.66. The van der Waals surface area contributed by atoms with Crippen LogP contribution in [0.5, 0.6) is 0 Å². The van der Waals surface area contributed by atoms with Crippen molar-refractivity contribution in [1.29, 1.82) is 0 Å². The highest BCUT2D eigenvalue weighted by atomic mass is 31.2. The lowest BCUT2D eigenvalue weighted by atomic mass is 9.86. The molecule has 2 saturated carbocycles. The van der Waals surface area contributed by atoms with E-state index >= 15 is 0 Å². The minimum absolute atomic E-state index is 0.00222. The molecule has 3 heteroatoms. The van der Waals surface area contributed by atoms with Crippen molar-refractivity contribution in [2.24, 2.45) is 11.3 Å². The van der Waals surface area contributed by atoms with Crippen molar-refractivity contribution in [2.45, 2.75) is 32.1 Å². The van der Waals surface area contributed by atoms with Gasteiger partial charge in [0.15, 0.2) is 0 Å². The molecule has 118 valence electrons. The topological polar surface area (TPSA) is 34.1 Å². The Bertz CT molecular complexity index is 715. The maximum Gasteiger partial charge on any atom is 0.206 e. The van der Waals surface area contributed by atoms with E-state index in [4.69, 9.17) is 0 Å². The fourth-order valence-corrected chi connectivity index (χ4v) is 7.42. The predicted octanol–water partition coefficient (Wildman–Crippen LogP) is 4.11. The summed E-state index contributed by atoms with van der Waals surface area (Å²) in [6.45, 7) is 0. The van der Waals surface area contributed by atoms with Crippen LogP contribution < -0.4 is 10.6 Å². The fraction of sp³-hybridized carbons (Fsp3) is 0.350. The maximum atomic E-state index is 14.1. The van der Waals surface area contributed by atoms with E-state index < -0.39 is 7.14 Å². The van der Waals surface area contributed by atoms with Crippen molar-refractivity contribution in [3.8, 4) is 0 Å². The minimum atomic E-state index is -3.26. The second-order valence-corrected chi connectivity index (χ2v) is 9.67. The number of benzene rings is 2. The average molecular weight is 324 g/mol. The number of hydrogen-bond donors (Lipinski definition) is 0. The SMILES string of the molecule is O=C(C12CCC(CC1)C2)P(=O)(c1ccccc1)c1ccccc1. The highest BCUT2D eigenvalue weighted by molar-refractivity contribution is 7.93. The molecule has 0 aliphatic heterocycles. The van der Waals surface area contributed by atoms with Crippen LogP contribution in [0.2, 0.25) is 0 Å². The van der Waals surface area contributed by atoms with Gasteiger partial charge in [-0.05, 0) is 38.0 Å². The quantitative estimate of drug-likeness (QED) is 0.793. The third kappa shape index (κ3) is 2.23. The Labute approximate surface area is 137 Å². The molecule has 2 aromatic carbocycles. The molecule has 0 unspecified atom stereocenters. The largest absolute Gasteiger partial charge is 0.306 e. The summed E-state index contributed by atoms with van der Waals surface area (Å²) < 4.78 is 14.1. The first kappa shape index (κ1) is 14.9. The smallest absolute Gasteiger partial charge is 0.206 e. The molecule has 0 atom stereocenters. The molecule has 0 radical (unpaired) electrons. The number of carbonyl (C=O) groups is 1. The van der Waals surface area contributed by atoms with Crippen molar-refractivity contribution in [3.05, 3.63) is 60.7 Å². The number of rotatable bonds is 4. The zero-order valence-electron chi connectivity index (χ0n) is 13.2. The van der Waals surface area contributed by atoms with Gasteiger partial charge in [0, 0.05) is 16.0 Å². The molecule has 0 spiro atoms. The van der Waals surface area contributed by atoms with Crippen LogP contribution in [0.25, 0.3) is 0 Å². The van der Waals surface area contributed by atoms with E-state index in [0.29, 0.717) is 16.5 Å². The molecule has 23 heavy (non-hydrogen) atoms. The summed E-state index contributed by atoms with van der Waals surface area (Å²) in [5, 5.41) is 1.36. The fourth-order valence-electron chi connectivity index (χ4n) is 4.49. The van der Waals surface area contributed by atoms with E-state index in [0.717, 1.165) is 32.1 Å². The maximum absolute atomic E-state index is 14.1. The van der Waals surface area contributed by atoms with E-state index in [9.17, 15) is 9.36 Å². The van der Waals surface area contributed by atoms with Crippen LogP contribution in [-0.2, 0) is 9.36 Å². The minimum Gasteiger partial charge on any atom is -0.306 e. The number of carbonyl (C=O) groups excluding carboxylic acids is 1. The first-order valence-electron chi connectivity index (χ1n) is 8.41. The molecule has 2 aliphatic rings. The Balaban J connectivity index is 1.87. The molecule has 0 saturated heterocycles. The predicted molar refractivity (Wildman–Crippen MR) is 93.8 cm³/mol. The van der Waals surface area contributed by atoms with Crippen molar-refractivity contribution in [3.63, 3.8) is 0 Å². The lowest BCUT2D eigenvalue weighted by molar-refractivity contribution is -0.120. The van der Waals surface area contributed by atoms with Gasteiger partial charge in [-0.15, -0.1) is 0 Å². The van der Waals surface area contributed by atoms with Crippen molar-refractivity contribution >= 4 is 23.3 Å². The van der Waals surface area contributed by atoms with Crippen molar-refractivity contribution in [1.82, 2.24) is 0 Å². The third-order valence-corrected chi connectivity index (χ3v) is 8.82. The normalized spacial score (nSPS) is 26.3. The van der Waals surface area contributed by atoms with Gasteiger partial charge in [-0.25, -0.2) is 0 Å². The van der Waals surface area contributed by atoms with Crippen LogP contribution >= 0.6 is 7.14 Å². The summed E-state index contributed by atoms with van der Waals surface area (Å²) in [6.07, 6.45) is 5.01. The molecule has 2 bridgehead atoms.